The second-order valence-electron chi connectivity index (χ2n) is 24.9. The van der Waals surface area contributed by atoms with Gasteiger partial charge in [0.15, 0.2) is 6.10 Å². The summed E-state index contributed by atoms with van der Waals surface area (Å²) >= 11 is 0. The van der Waals surface area contributed by atoms with Gasteiger partial charge >= 0.3 is 17.9 Å². The summed E-state index contributed by atoms with van der Waals surface area (Å²) in [5.41, 5.74) is 0. The van der Waals surface area contributed by atoms with E-state index in [-0.39, 0.29) is 31.1 Å². The molecule has 0 saturated heterocycles. The third-order valence-electron chi connectivity index (χ3n) is 16.5. The van der Waals surface area contributed by atoms with Gasteiger partial charge in [-0.15, -0.1) is 0 Å². The van der Waals surface area contributed by atoms with Crippen molar-refractivity contribution in [1.82, 2.24) is 0 Å². The van der Waals surface area contributed by atoms with Crippen LogP contribution in [-0.4, -0.2) is 37.2 Å². The van der Waals surface area contributed by atoms with Crippen LogP contribution in [0.5, 0.6) is 0 Å². The minimum atomic E-state index is -0.777. The second-order valence-corrected chi connectivity index (χ2v) is 24.9. The summed E-state index contributed by atoms with van der Waals surface area (Å²) in [7, 11) is 0. The van der Waals surface area contributed by atoms with Crippen molar-refractivity contribution in [3.8, 4) is 0 Å². The molecule has 82 heavy (non-hydrogen) atoms. The van der Waals surface area contributed by atoms with Crippen LogP contribution >= 0.6 is 0 Å². The number of allylic oxidation sites excluding steroid dienone is 8. The molecule has 0 aliphatic heterocycles. The topological polar surface area (TPSA) is 78.9 Å². The molecule has 1 unspecified atom stereocenters. The average Bonchev–Trinajstić information content (AvgIpc) is 3.47. The number of ether oxygens (including phenoxy) is 3. The highest BCUT2D eigenvalue weighted by Crippen LogP contribution is 2.19. The molecule has 0 aliphatic carbocycles. The van der Waals surface area contributed by atoms with Gasteiger partial charge < -0.3 is 14.2 Å². The first kappa shape index (κ1) is 79.4. The number of carbonyl (C=O) groups excluding carboxylic acids is 3. The summed E-state index contributed by atoms with van der Waals surface area (Å²) in [5.74, 6) is -0.858. The smallest absolute Gasteiger partial charge is 0.306 e. The molecule has 6 nitrogen and oxygen atoms in total. The number of hydrogen-bond acceptors (Lipinski definition) is 6. The van der Waals surface area contributed by atoms with Crippen LogP contribution in [0.25, 0.3) is 0 Å². The van der Waals surface area contributed by atoms with E-state index in [1.54, 1.807) is 0 Å². The Bertz CT molecular complexity index is 1410. The Balaban J connectivity index is 4.16. The zero-order chi connectivity index (χ0) is 59.2. The summed E-state index contributed by atoms with van der Waals surface area (Å²) in [6, 6.07) is 0. The predicted molar refractivity (Wildman–Crippen MR) is 358 cm³/mol. The molecule has 1 atom stereocenters. The molecule has 0 radical (unpaired) electrons. The molecule has 0 N–H and O–H groups in total. The highest BCUT2D eigenvalue weighted by molar-refractivity contribution is 5.71. The summed E-state index contributed by atoms with van der Waals surface area (Å²) < 4.78 is 17.0. The molecule has 0 bridgehead atoms. The Labute approximate surface area is 511 Å². The van der Waals surface area contributed by atoms with E-state index in [0.29, 0.717) is 19.3 Å². The van der Waals surface area contributed by atoms with Gasteiger partial charge in [-0.05, 0) is 77.0 Å². The molecule has 0 aliphatic rings. The molecule has 6 heteroatoms. The second kappa shape index (κ2) is 70.9. The molecule has 0 aromatic heterocycles. The van der Waals surface area contributed by atoms with Crippen LogP contribution in [0.1, 0.15) is 400 Å². The fraction of sp³-hybridized carbons (Fsp3) is 0.855. The lowest BCUT2D eigenvalue weighted by Gasteiger charge is -2.18. The normalized spacial score (nSPS) is 12.3. The Kier molecular flexibility index (Phi) is 68.6. The van der Waals surface area contributed by atoms with Gasteiger partial charge in [0, 0.05) is 19.3 Å². The van der Waals surface area contributed by atoms with Gasteiger partial charge in [0.1, 0.15) is 13.2 Å². The van der Waals surface area contributed by atoms with Crippen LogP contribution in [0, 0.1) is 0 Å². The standard InChI is InChI=1S/C76H140O6/c1-4-7-10-13-16-19-22-25-27-29-31-33-34-35-36-37-38-39-40-41-42-43-45-46-48-51-54-57-60-63-66-69-75(78)81-72-73(71-80-74(77)68-65-62-59-56-53-50-24-21-18-15-12-9-6-3)82-76(79)70-67-64-61-58-55-52-49-47-44-32-30-28-26-23-20-17-14-11-8-5-2/h12,15,21-22,24-25,29,31,73H,4-11,13-14,16-20,23,26-28,30,32-72H2,1-3H3/b15-12-,24-21-,25-22-,31-29-. The molecule has 480 valence electrons. The first-order valence-corrected chi connectivity index (χ1v) is 36.6. The molecule has 0 aromatic rings. The van der Waals surface area contributed by atoms with Gasteiger partial charge in [0.2, 0.25) is 0 Å². The fourth-order valence-corrected chi connectivity index (χ4v) is 11.0. The molecular formula is C76H140O6. The Morgan fingerprint density at radius 3 is 0.720 bits per heavy atom. The van der Waals surface area contributed by atoms with Crippen molar-refractivity contribution in [3.63, 3.8) is 0 Å². The van der Waals surface area contributed by atoms with Crippen LogP contribution in [-0.2, 0) is 28.6 Å². The van der Waals surface area contributed by atoms with E-state index in [4.69, 9.17) is 14.2 Å². The summed E-state index contributed by atoms with van der Waals surface area (Å²) in [6.45, 7) is 6.63. The first-order chi connectivity index (χ1) is 40.5. The van der Waals surface area contributed by atoms with E-state index in [2.05, 4.69) is 69.4 Å². The predicted octanol–water partition coefficient (Wildman–Crippen LogP) is 25.3. The molecule has 0 rings (SSSR count). The van der Waals surface area contributed by atoms with E-state index in [0.717, 1.165) is 89.9 Å². The maximum Gasteiger partial charge on any atom is 0.306 e. The Morgan fingerprint density at radius 1 is 0.244 bits per heavy atom. The molecule has 0 saturated carbocycles. The Hall–Kier alpha value is -2.63. The van der Waals surface area contributed by atoms with Crippen molar-refractivity contribution >= 4 is 17.9 Å². The zero-order valence-corrected chi connectivity index (χ0v) is 55.3. The third-order valence-corrected chi connectivity index (χ3v) is 16.5. The maximum absolute atomic E-state index is 12.9. The van der Waals surface area contributed by atoms with E-state index in [1.807, 2.05) is 0 Å². The SMILES string of the molecule is CCC/C=C\C/C=C\CCCCCCCC(=O)OCC(COC(=O)CCCCCCCCCCCCCCCCCCCCC/C=C\C/C=C\CCCCCCC)OC(=O)CCCCCCCCCCCCCCCCCCCCCC. The Morgan fingerprint density at radius 2 is 0.463 bits per heavy atom. The van der Waals surface area contributed by atoms with Gasteiger partial charge in [-0.25, -0.2) is 0 Å². The number of hydrogen-bond donors (Lipinski definition) is 0. The van der Waals surface area contributed by atoms with Gasteiger partial charge in [0.05, 0.1) is 0 Å². The van der Waals surface area contributed by atoms with Crippen molar-refractivity contribution < 1.29 is 28.6 Å². The molecule has 0 aromatic carbocycles. The molecule has 0 fully saturated rings. The van der Waals surface area contributed by atoms with E-state index in [9.17, 15) is 14.4 Å². The fourth-order valence-electron chi connectivity index (χ4n) is 11.0. The molecular weight excluding hydrogens is 1010 g/mol. The quantitative estimate of drug-likeness (QED) is 0.0261. The monoisotopic (exact) mass is 1150 g/mol. The van der Waals surface area contributed by atoms with Crippen molar-refractivity contribution in [3.05, 3.63) is 48.6 Å². The molecule has 0 amide bonds. The summed E-state index contributed by atoms with van der Waals surface area (Å²) in [6.07, 6.45) is 90.2. The lowest BCUT2D eigenvalue weighted by atomic mass is 10.0. The van der Waals surface area contributed by atoms with E-state index >= 15 is 0 Å². The van der Waals surface area contributed by atoms with Crippen LogP contribution in [0.15, 0.2) is 48.6 Å². The van der Waals surface area contributed by atoms with E-state index < -0.39 is 6.10 Å². The molecule has 0 heterocycles. The minimum absolute atomic E-state index is 0.0720. The van der Waals surface area contributed by atoms with Gasteiger partial charge in [0.25, 0.3) is 0 Å². The van der Waals surface area contributed by atoms with Gasteiger partial charge in [-0.1, -0.05) is 352 Å². The van der Waals surface area contributed by atoms with Crippen LogP contribution < -0.4 is 0 Å². The zero-order valence-electron chi connectivity index (χ0n) is 55.3. The average molecular weight is 1150 g/mol. The summed E-state index contributed by atoms with van der Waals surface area (Å²) in [5, 5.41) is 0. The van der Waals surface area contributed by atoms with Crippen LogP contribution in [0.4, 0.5) is 0 Å². The number of carbonyl (C=O) groups is 3. The summed E-state index contributed by atoms with van der Waals surface area (Å²) in [4.78, 5) is 38.4. The number of unbranched alkanes of at least 4 members (excludes halogenated alkanes) is 49. The van der Waals surface area contributed by atoms with Crippen LogP contribution in [0.2, 0.25) is 0 Å². The maximum atomic E-state index is 12.9. The third kappa shape index (κ3) is 68.2. The molecule has 0 spiro atoms. The van der Waals surface area contributed by atoms with E-state index in [1.165, 1.54) is 270 Å². The van der Waals surface area contributed by atoms with Gasteiger partial charge in [-0.2, -0.15) is 0 Å². The lowest BCUT2D eigenvalue weighted by molar-refractivity contribution is -0.167. The highest BCUT2D eigenvalue weighted by Gasteiger charge is 2.19. The van der Waals surface area contributed by atoms with Crippen LogP contribution in [0.3, 0.4) is 0 Å². The number of esters is 3. The van der Waals surface area contributed by atoms with Crippen molar-refractivity contribution in [2.24, 2.45) is 0 Å². The largest absolute Gasteiger partial charge is 0.462 e. The van der Waals surface area contributed by atoms with Crippen molar-refractivity contribution in [1.29, 1.82) is 0 Å². The van der Waals surface area contributed by atoms with Gasteiger partial charge in [-0.3, -0.25) is 14.4 Å². The first-order valence-electron chi connectivity index (χ1n) is 36.6. The lowest BCUT2D eigenvalue weighted by Crippen LogP contribution is -2.30. The minimum Gasteiger partial charge on any atom is -0.462 e. The van der Waals surface area contributed by atoms with Crippen molar-refractivity contribution in [2.45, 2.75) is 406 Å². The van der Waals surface area contributed by atoms with Crippen molar-refractivity contribution in [2.75, 3.05) is 13.2 Å². The number of rotatable bonds is 68. The highest BCUT2D eigenvalue weighted by atomic mass is 16.6.